The van der Waals surface area contributed by atoms with Crippen molar-refractivity contribution in [1.82, 2.24) is 0 Å². The molecule has 0 spiro atoms. The third kappa shape index (κ3) is 3.91. The first-order valence-electron chi connectivity index (χ1n) is 6.41. The highest BCUT2D eigenvalue weighted by molar-refractivity contribution is 5.38. The van der Waals surface area contributed by atoms with Crippen LogP contribution in [-0.2, 0) is 12.8 Å². The smallest absolute Gasteiger partial charge is 0.123 e. The number of aryl methyl sites for hydroxylation is 2. The van der Waals surface area contributed by atoms with E-state index in [1.54, 1.807) is 24.3 Å². The number of phenols is 2. The van der Waals surface area contributed by atoms with Gasteiger partial charge in [0.1, 0.15) is 17.2 Å². The van der Waals surface area contributed by atoms with Crippen molar-refractivity contribution in [2.45, 2.75) is 19.8 Å². The second-order valence-corrected chi connectivity index (χ2v) is 4.43. The van der Waals surface area contributed by atoms with E-state index < -0.39 is 0 Å². The third-order valence-electron chi connectivity index (χ3n) is 2.90. The van der Waals surface area contributed by atoms with Crippen molar-refractivity contribution in [2.75, 3.05) is 6.61 Å². The Morgan fingerprint density at radius 3 is 2.21 bits per heavy atom. The highest BCUT2D eigenvalue weighted by Gasteiger charge is 2.02. The van der Waals surface area contributed by atoms with Gasteiger partial charge < -0.3 is 14.9 Å². The van der Waals surface area contributed by atoms with E-state index >= 15 is 0 Å². The van der Waals surface area contributed by atoms with Gasteiger partial charge in [-0.15, -0.1) is 0 Å². The van der Waals surface area contributed by atoms with Crippen LogP contribution in [0.25, 0.3) is 0 Å². The molecule has 2 rings (SSSR count). The molecule has 2 aromatic rings. The minimum atomic E-state index is 0.228. The summed E-state index contributed by atoms with van der Waals surface area (Å²) in [5.74, 6) is 1.20. The maximum atomic E-state index is 9.64. The van der Waals surface area contributed by atoms with Crippen LogP contribution in [-0.4, -0.2) is 16.8 Å². The number of phenolic OH excluding ortho intramolecular Hbond substituents is 2. The van der Waals surface area contributed by atoms with Crippen LogP contribution in [0.3, 0.4) is 0 Å². The highest BCUT2D eigenvalue weighted by atomic mass is 16.5. The zero-order chi connectivity index (χ0) is 13.7. The number of hydrogen-bond donors (Lipinski definition) is 2. The summed E-state index contributed by atoms with van der Waals surface area (Å²) < 4.78 is 5.40. The molecule has 0 heterocycles. The number of aromatic hydroxyl groups is 2. The van der Waals surface area contributed by atoms with Crippen LogP contribution >= 0.6 is 0 Å². The Bertz CT molecular complexity index is 532. The van der Waals surface area contributed by atoms with Gasteiger partial charge in [0.05, 0.1) is 6.61 Å². The first kappa shape index (κ1) is 13.3. The number of benzene rings is 2. The molecule has 3 nitrogen and oxygen atoms in total. The van der Waals surface area contributed by atoms with E-state index in [0.29, 0.717) is 12.4 Å². The van der Waals surface area contributed by atoms with Gasteiger partial charge in [-0.05, 0) is 55.2 Å². The minimum absolute atomic E-state index is 0.228. The summed E-state index contributed by atoms with van der Waals surface area (Å²) in [6.45, 7) is 2.50. The summed E-state index contributed by atoms with van der Waals surface area (Å²) in [4.78, 5) is 0. The highest BCUT2D eigenvalue weighted by Crippen LogP contribution is 2.23. The second-order valence-electron chi connectivity index (χ2n) is 4.43. The van der Waals surface area contributed by atoms with Crippen molar-refractivity contribution in [2.24, 2.45) is 0 Å². The number of rotatable bonds is 5. The second kappa shape index (κ2) is 6.14. The fourth-order valence-electron chi connectivity index (χ4n) is 1.99. The molecule has 0 atom stereocenters. The van der Waals surface area contributed by atoms with Crippen LogP contribution in [0.5, 0.6) is 17.2 Å². The molecule has 2 aromatic carbocycles. The van der Waals surface area contributed by atoms with Crippen molar-refractivity contribution in [3.8, 4) is 17.2 Å². The molecule has 0 saturated carbocycles. The topological polar surface area (TPSA) is 49.7 Å². The lowest BCUT2D eigenvalue weighted by Crippen LogP contribution is -1.95. The van der Waals surface area contributed by atoms with Gasteiger partial charge in [-0.25, -0.2) is 0 Å². The monoisotopic (exact) mass is 258 g/mol. The molecule has 0 radical (unpaired) electrons. The molecular formula is C16H18O3. The summed E-state index contributed by atoms with van der Waals surface area (Å²) in [6, 6.07) is 12.5. The van der Waals surface area contributed by atoms with Crippen LogP contribution in [0, 0.1) is 0 Å². The molecule has 0 aliphatic rings. The standard InChI is InChI=1S/C16H18O3/c1-2-19-16-10-13(9-15(18)11-16)4-3-12-5-7-14(17)8-6-12/h5-11,17-18H,2-4H2,1H3. The number of ether oxygens (including phenoxy) is 1. The van der Waals surface area contributed by atoms with Gasteiger partial charge in [-0.2, -0.15) is 0 Å². The molecule has 0 aliphatic carbocycles. The predicted octanol–water partition coefficient (Wildman–Crippen LogP) is 3.28. The zero-order valence-corrected chi connectivity index (χ0v) is 11.0. The van der Waals surface area contributed by atoms with Crippen LogP contribution in [0.4, 0.5) is 0 Å². The summed E-state index contributed by atoms with van der Waals surface area (Å²) in [5, 5.41) is 18.9. The largest absolute Gasteiger partial charge is 0.508 e. The summed E-state index contributed by atoms with van der Waals surface area (Å²) >= 11 is 0. The molecule has 0 aromatic heterocycles. The Balaban J connectivity index is 2.04. The van der Waals surface area contributed by atoms with Gasteiger partial charge in [0.25, 0.3) is 0 Å². The van der Waals surface area contributed by atoms with Crippen LogP contribution in [0.1, 0.15) is 18.1 Å². The van der Waals surface area contributed by atoms with E-state index in [0.717, 1.165) is 24.0 Å². The average molecular weight is 258 g/mol. The van der Waals surface area contributed by atoms with Crippen molar-refractivity contribution in [1.29, 1.82) is 0 Å². The lowest BCUT2D eigenvalue weighted by atomic mass is 10.0. The maximum absolute atomic E-state index is 9.64. The average Bonchev–Trinajstić information content (AvgIpc) is 2.38. The van der Waals surface area contributed by atoms with E-state index in [4.69, 9.17) is 4.74 Å². The molecule has 3 heteroatoms. The summed E-state index contributed by atoms with van der Waals surface area (Å²) in [5.41, 5.74) is 2.19. The fraction of sp³-hybridized carbons (Fsp3) is 0.250. The first-order valence-corrected chi connectivity index (χ1v) is 6.41. The normalized spacial score (nSPS) is 10.4. The van der Waals surface area contributed by atoms with E-state index in [2.05, 4.69) is 0 Å². The molecule has 0 unspecified atom stereocenters. The van der Waals surface area contributed by atoms with E-state index in [1.807, 2.05) is 25.1 Å². The fourth-order valence-corrected chi connectivity index (χ4v) is 1.99. The Labute approximate surface area is 113 Å². The molecule has 0 fully saturated rings. The van der Waals surface area contributed by atoms with Crippen molar-refractivity contribution >= 4 is 0 Å². The lowest BCUT2D eigenvalue weighted by molar-refractivity contribution is 0.337. The van der Waals surface area contributed by atoms with Gasteiger partial charge in [-0.3, -0.25) is 0 Å². The van der Waals surface area contributed by atoms with Crippen molar-refractivity contribution < 1.29 is 14.9 Å². The SMILES string of the molecule is CCOc1cc(O)cc(CCc2ccc(O)cc2)c1. The van der Waals surface area contributed by atoms with E-state index in [9.17, 15) is 10.2 Å². The summed E-state index contributed by atoms with van der Waals surface area (Å²) in [7, 11) is 0. The van der Waals surface area contributed by atoms with Crippen molar-refractivity contribution in [3.63, 3.8) is 0 Å². The first-order chi connectivity index (χ1) is 9.17. The molecule has 19 heavy (non-hydrogen) atoms. The quantitative estimate of drug-likeness (QED) is 0.865. The van der Waals surface area contributed by atoms with Gasteiger partial charge in [0.15, 0.2) is 0 Å². The number of hydrogen-bond acceptors (Lipinski definition) is 3. The van der Waals surface area contributed by atoms with Crippen LogP contribution < -0.4 is 4.74 Å². The van der Waals surface area contributed by atoms with Crippen molar-refractivity contribution in [3.05, 3.63) is 53.6 Å². The Morgan fingerprint density at radius 2 is 1.53 bits per heavy atom. The molecule has 0 aliphatic heterocycles. The Hall–Kier alpha value is -2.16. The Morgan fingerprint density at radius 1 is 0.842 bits per heavy atom. The van der Waals surface area contributed by atoms with Gasteiger partial charge >= 0.3 is 0 Å². The van der Waals surface area contributed by atoms with E-state index in [-0.39, 0.29) is 11.5 Å². The molecule has 100 valence electrons. The maximum Gasteiger partial charge on any atom is 0.123 e. The molecule has 2 N–H and O–H groups in total. The molecule has 0 bridgehead atoms. The Kier molecular flexibility index (Phi) is 4.29. The molecule has 0 saturated heterocycles. The molecular weight excluding hydrogens is 240 g/mol. The lowest BCUT2D eigenvalue weighted by Gasteiger charge is -2.08. The van der Waals surface area contributed by atoms with E-state index in [1.165, 1.54) is 0 Å². The van der Waals surface area contributed by atoms with Gasteiger partial charge in [0, 0.05) is 6.07 Å². The predicted molar refractivity (Wildman–Crippen MR) is 74.8 cm³/mol. The summed E-state index contributed by atoms with van der Waals surface area (Å²) in [6.07, 6.45) is 1.68. The van der Waals surface area contributed by atoms with Gasteiger partial charge in [0.2, 0.25) is 0 Å². The van der Waals surface area contributed by atoms with Gasteiger partial charge in [-0.1, -0.05) is 12.1 Å². The van der Waals surface area contributed by atoms with Crippen LogP contribution in [0.2, 0.25) is 0 Å². The third-order valence-corrected chi connectivity index (χ3v) is 2.90. The van der Waals surface area contributed by atoms with Crippen LogP contribution in [0.15, 0.2) is 42.5 Å². The molecule has 0 amide bonds. The minimum Gasteiger partial charge on any atom is -0.508 e. The zero-order valence-electron chi connectivity index (χ0n) is 11.0.